The minimum atomic E-state index is -4.80. The van der Waals surface area contributed by atoms with Crippen LogP contribution >= 0.6 is 15.9 Å². The molecular formula is C18H24BrF3N2O3. The van der Waals surface area contributed by atoms with Gasteiger partial charge in [0.05, 0.1) is 6.04 Å². The standard InChI is InChI=1S/C18H24BrF3N2O3/c1-4-11(2)27-16(25)24-8-7-23-10-15(24)13-6-5-12(9-14(13)19)17(3,26)18(20,21)22/h5-6,9,11,15,23,26H,4,7-8,10H2,1-3H3. The second-order valence-corrected chi connectivity index (χ2v) is 7.68. The van der Waals surface area contributed by atoms with Crippen molar-refractivity contribution in [2.24, 2.45) is 0 Å². The third-order valence-corrected chi connectivity index (χ3v) is 5.52. The maximum Gasteiger partial charge on any atom is 0.421 e. The summed E-state index contributed by atoms with van der Waals surface area (Å²) in [6.07, 6.45) is -4.78. The zero-order valence-corrected chi connectivity index (χ0v) is 17.0. The lowest BCUT2D eigenvalue weighted by molar-refractivity contribution is -0.258. The van der Waals surface area contributed by atoms with E-state index in [-0.39, 0.29) is 11.7 Å². The van der Waals surface area contributed by atoms with Crippen molar-refractivity contribution in [2.75, 3.05) is 19.6 Å². The number of benzene rings is 1. The Morgan fingerprint density at radius 2 is 2.15 bits per heavy atom. The van der Waals surface area contributed by atoms with Gasteiger partial charge in [0.2, 0.25) is 0 Å². The van der Waals surface area contributed by atoms with Crippen molar-refractivity contribution in [1.82, 2.24) is 10.2 Å². The summed E-state index contributed by atoms with van der Waals surface area (Å²) in [5.74, 6) is 0. The third-order valence-electron chi connectivity index (χ3n) is 4.83. The predicted molar refractivity (Wildman–Crippen MR) is 98.3 cm³/mol. The second-order valence-electron chi connectivity index (χ2n) is 6.82. The maximum absolute atomic E-state index is 13.1. The molecule has 1 aliphatic rings. The minimum Gasteiger partial charge on any atom is -0.446 e. The van der Waals surface area contributed by atoms with Crippen molar-refractivity contribution < 1.29 is 27.8 Å². The Kier molecular flexibility index (Phi) is 6.81. The summed E-state index contributed by atoms with van der Waals surface area (Å²) in [7, 11) is 0. The van der Waals surface area contributed by atoms with E-state index in [2.05, 4.69) is 21.2 Å². The van der Waals surface area contributed by atoms with Gasteiger partial charge in [-0.2, -0.15) is 13.2 Å². The molecule has 1 saturated heterocycles. The molecule has 27 heavy (non-hydrogen) atoms. The first-order valence-corrected chi connectivity index (χ1v) is 9.55. The van der Waals surface area contributed by atoms with Crippen molar-refractivity contribution in [2.45, 2.75) is 51.1 Å². The molecule has 152 valence electrons. The molecule has 2 N–H and O–H groups in total. The first-order chi connectivity index (χ1) is 12.5. The van der Waals surface area contributed by atoms with Crippen molar-refractivity contribution >= 4 is 22.0 Å². The molecule has 1 fully saturated rings. The molecule has 3 unspecified atom stereocenters. The second kappa shape index (κ2) is 8.36. The van der Waals surface area contributed by atoms with Crippen LogP contribution in [0.25, 0.3) is 0 Å². The molecule has 1 aromatic carbocycles. The van der Waals surface area contributed by atoms with Crippen molar-refractivity contribution in [3.05, 3.63) is 33.8 Å². The molecule has 0 bridgehead atoms. The number of piperazine rings is 1. The fourth-order valence-corrected chi connectivity index (χ4v) is 3.43. The lowest BCUT2D eigenvalue weighted by Gasteiger charge is -2.37. The van der Waals surface area contributed by atoms with Crippen LogP contribution in [-0.4, -0.2) is 48.0 Å². The molecule has 1 aliphatic heterocycles. The van der Waals surface area contributed by atoms with E-state index < -0.39 is 23.9 Å². The van der Waals surface area contributed by atoms with Crippen LogP contribution in [0.1, 0.15) is 44.4 Å². The topological polar surface area (TPSA) is 61.8 Å². The van der Waals surface area contributed by atoms with Gasteiger partial charge in [-0.05, 0) is 37.5 Å². The zero-order valence-electron chi connectivity index (χ0n) is 15.4. The Morgan fingerprint density at radius 3 is 2.70 bits per heavy atom. The molecule has 2 rings (SSSR count). The normalized spacial score (nSPS) is 21.5. The average Bonchev–Trinajstić information content (AvgIpc) is 2.60. The Hall–Kier alpha value is -1.32. The molecular weight excluding hydrogens is 429 g/mol. The van der Waals surface area contributed by atoms with Crippen LogP contribution in [0, 0.1) is 0 Å². The number of nitrogens with zero attached hydrogens (tertiary/aromatic N) is 1. The fraction of sp³-hybridized carbons (Fsp3) is 0.611. The number of halogens is 4. The lowest BCUT2D eigenvalue weighted by Crippen LogP contribution is -2.49. The summed E-state index contributed by atoms with van der Waals surface area (Å²) in [4.78, 5) is 14.1. The van der Waals surface area contributed by atoms with Crippen LogP contribution in [0.15, 0.2) is 22.7 Å². The number of alkyl halides is 3. The molecule has 1 aromatic rings. The zero-order chi connectivity index (χ0) is 20.4. The highest BCUT2D eigenvalue weighted by Gasteiger charge is 2.51. The number of ether oxygens (including phenoxy) is 1. The molecule has 3 atom stereocenters. The molecule has 0 aliphatic carbocycles. The molecule has 0 radical (unpaired) electrons. The number of hydrogen-bond donors (Lipinski definition) is 2. The van der Waals surface area contributed by atoms with Gasteiger partial charge in [-0.25, -0.2) is 4.79 Å². The number of carbonyl (C=O) groups is 1. The quantitative estimate of drug-likeness (QED) is 0.721. The SMILES string of the molecule is CCC(C)OC(=O)N1CCNCC1c1ccc(C(C)(O)C(F)(F)F)cc1Br. The van der Waals surface area contributed by atoms with Crippen LogP contribution in [0.5, 0.6) is 0 Å². The summed E-state index contributed by atoms with van der Waals surface area (Å²) in [6.45, 7) is 5.91. The van der Waals surface area contributed by atoms with E-state index in [1.54, 1.807) is 11.8 Å². The van der Waals surface area contributed by atoms with E-state index in [4.69, 9.17) is 4.74 Å². The van der Waals surface area contributed by atoms with E-state index in [1.165, 1.54) is 18.2 Å². The van der Waals surface area contributed by atoms with Gasteiger partial charge in [0.1, 0.15) is 6.10 Å². The summed E-state index contributed by atoms with van der Waals surface area (Å²) in [6, 6.07) is 3.59. The number of aliphatic hydroxyl groups is 1. The van der Waals surface area contributed by atoms with Crippen LogP contribution in [-0.2, 0) is 10.3 Å². The summed E-state index contributed by atoms with van der Waals surface area (Å²) >= 11 is 3.30. The van der Waals surface area contributed by atoms with E-state index in [1.807, 2.05) is 6.92 Å². The van der Waals surface area contributed by atoms with Gasteiger partial charge in [0.15, 0.2) is 5.60 Å². The molecule has 1 heterocycles. The highest BCUT2D eigenvalue weighted by atomic mass is 79.9. The highest BCUT2D eigenvalue weighted by molar-refractivity contribution is 9.10. The van der Waals surface area contributed by atoms with Gasteiger partial charge >= 0.3 is 12.3 Å². The van der Waals surface area contributed by atoms with E-state index in [0.29, 0.717) is 43.0 Å². The van der Waals surface area contributed by atoms with Crippen molar-refractivity contribution in [1.29, 1.82) is 0 Å². The Balaban J connectivity index is 2.31. The molecule has 0 aromatic heterocycles. The van der Waals surface area contributed by atoms with Gasteiger partial charge in [0, 0.05) is 24.1 Å². The van der Waals surface area contributed by atoms with Crippen LogP contribution in [0.2, 0.25) is 0 Å². The van der Waals surface area contributed by atoms with Crippen LogP contribution < -0.4 is 5.32 Å². The molecule has 9 heteroatoms. The first-order valence-electron chi connectivity index (χ1n) is 8.76. The number of amides is 1. The number of nitrogens with one attached hydrogen (secondary N) is 1. The fourth-order valence-electron chi connectivity index (χ4n) is 2.79. The van der Waals surface area contributed by atoms with E-state index in [0.717, 1.165) is 0 Å². The molecule has 0 spiro atoms. The summed E-state index contributed by atoms with van der Waals surface area (Å²) in [5, 5.41) is 13.1. The maximum atomic E-state index is 13.1. The predicted octanol–water partition coefficient (Wildman–Crippen LogP) is 4.10. The summed E-state index contributed by atoms with van der Waals surface area (Å²) < 4.78 is 45.0. The summed E-state index contributed by atoms with van der Waals surface area (Å²) in [5.41, 5.74) is -2.60. The Labute approximate surface area is 165 Å². The largest absolute Gasteiger partial charge is 0.446 e. The van der Waals surface area contributed by atoms with Gasteiger partial charge in [-0.15, -0.1) is 0 Å². The van der Waals surface area contributed by atoms with Gasteiger partial charge < -0.3 is 15.2 Å². The van der Waals surface area contributed by atoms with E-state index >= 15 is 0 Å². The van der Waals surface area contributed by atoms with Crippen molar-refractivity contribution in [3.8, 4) is 0 Å². The van der Waals surface area contributed by atoms with E-state index in [9.17, 15) is 23.1 Å². The number of rotatable bonds is 4. The van der Waals surface area contributed by atoms with Crippen molar-refractivity contribution in [3.63, 3.8) is 0 Å². The monoisotopic (exact) mass is 452 g/mol. The molecule has 0 saturated carbocycles. The van der Waals surface area contributed by atoms with Gasteiger partial charge in [0.25, 0.3) is 0 Å². The molecule has 5 nitrogen and oxygen atoms in total. The average molecular weight is 453 g/mol. The smallest absolute Gasteiger partial charge is 0.421 e. The number of hydrogen-bond acceptors (Lipinski definition) is 4. The Bertz CT molecular complexity index is 682. The third kappa shape index (κ3) is 4.75. The van der Waals surface area contributed by atoms with Gasteiger partial charge in [-0.1, -0.05) is 35.0 Å². The first kappa shape index (κ1) is 22.0. The molecule has 1 amide bonds. The highest BCUT2D eigenvalue weighted by Crippen LogP contribution is 2.40. The Morgan fingerprint density at radius 1 is 1.48 bits per heavy atom. The van der Waals surface area contributed by atoms with Gasteiger partial charge in [-0.3, -0.25) is 4.90 Å². The van der Waals surface area contributed by atoms with Crippen LogP contribution in [0.3, 0.4) is 0 Å². The minimum absolute atomic E-state index is 0.222. The lowest BCUT2D eigenvalue weighted by atomic mass is 9.92. The number of carbonyl (C=O) groups excluding carboxylic acids is 1. The van der Waals surface area contributed by atoms with Crippen LogP contribution in [0.4, 0.5) is 18.0 Å².